The molecule has 0 spiro atoms. The zero-order valence-corrected chi connectivity index (χ0v) is 11.7. The molecule has 2 nitrogen and oxygen atoms in total. The summed E-state index contributed by atoms with van der Waals surface area (Å²) in [5, 5.41) is 3.37. The zero-order valence-electron chi connectivity index (χ0n) is 11.7. The third-order valence-electron chi connectivity index (χ3n) is 4.68. The third-order valence-corrected chi connectivity index (χ3v) is 4.68. The summed E-state index contributed by atoms with van der Waals surface area (Å²) in [6.07, 6.45) is 0.504. The van der Waals surface area contributed by atoms with Crippen molar-refractivity contribution < 1.29 is 13.2 Å². The molecule has 112 valence electrons. The van der Waals surface area contributed by atoms with Crippen LogP contribution in [-0.2, 0) is 0 Å². The molecule has 19 heavy (non-hydrogen) atoms. The maximum absolute atomic E-state index is 12.9. The molecule has 2 aliphatic rings. The number of nitrogens with one attached hydrogen (secondary N) is 1. The van der Waals surface area contributed by atoms with Crippen LogP contribution >= 0.6 is 0 Å². The number of halogens is 3. The van der Waals surface area contributed by atoms with E-state index in [1.165, 1.54) is 0 Å². The molecule has 0 amide bonds. The highest BCUT2D eigenvalue weighted by atomic mass is 19.4. The molecular formula is C14H25F3N2. The summed E-state index contributed by atoms with van der Waals surface area (Å²) in [6.45, 7) is 4.91. The molecule has 0 aromatic rings. The van der Waals surface area contributed by atoms with Crippen molar-refractivity contribution in [3.05, 3.63) is 0 Å². The molecule has 2 fully saturated rings. The number of hydrogen-bond acceptors (Lipinski definition) is 2. The fraction of sp³-hybridized carbons (Fsp3) is 1.00. The van der Waals surface area contributed by atoms with Crippen LogP contribution < -0.4 is 5.32 Å². The molecule has 1 aliphatic heterocycles. The van der Waals surface area contributed by atoms with E-state index >= 15 is 0 Å². The van der Waals surface area contributed by atoms with Crippen LogP contribution in [0.5, 0.6) is 0 Å². The van der Waals surface area contributed by atoms with E-state index in [0.29, 0.717) is 25.3 Å². The van der Waals surface area contributed by atoms with Gasteiger partial charge in [-0.05, 0) is 45.2 Å². The van der Waals surface area contributed by atoms with E-state index in [-0.39, 0.29) is 6.04 Å². The van der Waals surface area contributed by atoms with Gasteiger partial charge in [-0.2, -0.15) is 13.2 Å². The van der Waals surface area contributed by atoms with E-state index in [0.717, 1.165) is 38.9 Å². The van der Waals surface area contributed by atoms with Crippen molar-refractivity contribution in [2.75, 3.05) is 19.6 Å². The van der Waals surface area contributed by atoms with Crippen molar-refractivity contribution in [1.82, 2.24) is 10.2 Å². The first-order valence-electron chi connectivity index (χ1n) is 7.55. The first kappa shape index (κ1) is 15.1. The number of likely N-dealkylation sites (N-methyl/N-ethyl adjacent to an activating group) is 1. The molecule has 3 unspecified atom stereocenters. The average Bonchev–Trinajstić information content (AvgIpc) is 2.40. The normalized spacial score (nSPS) is 33.6. The van der Waals surface area contributed by atoms with Gasteiger partial charge in [0.05, 0.1) is 5.92 Å². The van der Waals surface area contributed by atoms with Gasteiger partial charge in [-0.25, -0.2) is 0 Å². The van der Waals surface area contributed by atoms with Gasteiger partial charge in [-0.3, -0.25) is 4.90 Å². The van der Waals surface area contributed by atoms with Crippen LogP contribution in [0.25, 0.3) is 0 Å². The average molecular weight is 278 g/mol. The summed E-state index contributed by atoms with van der Waals surface area (Å²) >= 11 is 0. The summed E-state index contributed by atoms with van der Waals surface area (Å²) in [4.78, 5) is 2.32. The minimum Gasteiger partial charge on any atom is -0.315 e. The van der Waals surface area contributed by atoms with Gasteiger partial charge in [0.2, 0.25) is 0 Å². The second-order valence-electron chi connectivity index (χ2n) is 5.89. The molecule has 1 heterocycles. The summed E-state index contributed by atoms with van der Waals surface area (Å²) in [7, 11) is 0. The Morgan fingerprint density at radius 3 is 2.42 bits per heavy atom. The lowest BCUT2D eigenvalue weighted by Crippen LogP contribution is -2.52. The van der Waals surface area contributed by atoms with Gasteiger partial charge in [-0.1, -0.05) is 13.3 Å². The van der Waals surface area contributed by atoms with Gasteiger partial charge in [0.25, 0.3) is 0 Å². The van der Waals surface area contributed by atoms with Gasteiger partial charge < -0.3 is 5.32 Å². The van der Waals surface area contributed by atoms with Crippen LogP contribution in [0.3, 0.4) is 0 Å². The third kappa shape index (κ3) is 3.85. The highest BCUT2D eigenvalue weighted by Crippen LogP contribution is 2.39. The van der Waals surface area contributed by atoms with Gasteiger partial charge in [0.15, 0.2) is 0 Å². The maximum Gasteiger partial charge on any atom is 0.391 e. The fourth-order valence-corrected chi connectivity index (χ4v) is 3.69. The van der Waals surface area contributed by atoms with E-state index in [9.17, 15) is 13.2 Å². The number of rotatable bonds is 3. The van der Waals surface area contributed by atoms with Crippen molar-refractivity contribution >= 4 is 0 Å². The molecule has 0 aromatic heterocycles. The molecule has 3 atom stereocenters. The van der Waals surface area contributed by atoms with E-state index < -0.39 is 12.1 Å². The molecule has 0 aromatic carbocycles. The molecule has 2 rings (SSSR count). The molecule has 1 aliphatic carbocycles. The molecule has 1 N–H and O–H groups in total. The predicted molar refractivity (Wildman–Crippen MR) is 70.1 cm³/mol. The van der Waals surface area contributed by atoms with Gasteiger partial charge in [-0.15, -0.1) is 0 Å². The number of hydrogen-bond donors (Lipinski definition) is 1. The molecule has 1 saturated heterocycles. The van der Waals surface area contributed by atoms with E-state index in [2.05, 4.69) is 17.1 Å². The molecule has 5 heteroatoms. The molecular weight excluding hydrogens is 253 g/mol. The van der Waals surface area contributed by atoms with E-state index in [1.54, 1.807) is 0 Å². The highest BCUT2D eigenvalue weighted by molar-refractivity contribution is 4.88. The number of nitrogens with zero attached hydrogens (tertiary/aromatic N) is 1. The number of piperidine rings is 1. The summed E-state index contributed by atoms with van der Waals surface area (Å²) in [5.74, 6) is -1.09. The van der Waals surface area contributed by atoms with Crippen LogP contribution in [0.15, 0.2) is 0 Å². The largest absolute Gasteiger partial charge is 0.391 e. The zero-order chi connectivity index (χ0) is 13.9. The van der Waals surface area contributed by atoms with Crippen molar-refractivity contribution in [1.29, 1.82) is 0 Å². The minimum atomic E-state index is -4.01. The van der Waals surface area contributed by atoms with Crippen molar-refractivity contribution in [3.63, 3.8) is 0 Å². The topological polar surface area (TPSA) is 15.3 Å². The lowest BCUT2D eigenvalue weighted by Gasteiger charge is -2.43. The Kier molecular flexibility index (Phi) is 5.12. The van der Waals surface area contributed by atoms with Crippen LogP contribution in [0, 0.1) is 5.92 Å². The van der Waals surface area contributed by atoms with Crippen molar-refractivity contribution in [2.24, 2.45) is 5.92 Å². The predicted octanol–water partition coefficient (Wildman–Crippen LogP) is 3.18. The SMILES string of the molecule is CCN(C1CCCNC1)C1CCCC(C(F)(F)F)C1. The van der Waals surface area contributed by atoms with Crippen molar-refractivity contribution in [3.8, 4) is 0 Å². The number of alkyl halides is 3. The Morgan fingerprint density at radius 2 is 1.84 bits per heavy atom. The summed E-state index contributed by atoms with van der Waals surface area (Å²) < 4.78 is 38.7. The van der Waals surface area contributed by atoms with E-state index in [1.807, 2.05) is 0 Å². The first-order valence-corrected chi connectivity index (χ1v) is 7.55. The molecule has 1 saturated carbocycles. The van der Waals surface area contributed by atoms with E-state index in [4.69, 9.17) is 0 Å². The quantitative estimate of drug-likeness (QED) is 0.853. The Morgan fingerprint density at radius 1 is 1.11 bits per heavy atom. The molecule has 0 radical (unpaired) electrons. The van der Waals surface area contributed by atoms with Crippen molar-refractivity contribution in [2.45, 2.75) is 63.7 Å². The lowest BCUT2D eigenvalue weighted by molar-refractivity contribution is -0.187. The second kappa shape index (κ2) is 6.44. The smallest absolute Gasteiger partial charge is 0.315 e. The summed E-state index contributed by atoms with van der Waals surface area (Å²) in [5.41, 5.74) is 0. The van der Waals surface area contributed by atoms with Crippen LogP contribution in [0.4, 0.5) is 13.2 Å². The molecule has 0 bridgehead atoms. The Hall–Kier alpha value is -0.290. The Labute approximate surface area is 113 Å². The standard InChI is InChI=1S/C14H25F3N2/c1-2-19(13-7-4-8-18-10-13)12-6-3-5-11(9-12)14(15,16)17/h11-13,18H,2-10H2,1H3. The van der Waals surface area contributed by atoms with Crippen LogP contribution in [0.1, 0.15) is 45.4 Å². The van der Waals surface area contributed by atoms with Gasteiger partial charge >= 0.3 is 6.18 Å². The Balaban J connectivity index is 1.97. The maximum atomic E-state index is 12.9. The Bertz CT molecular complexity index is 274. The monoisotopic (exact) mass is 278 g/mol. The van der Waals surface area contributed by atoms with Gasteiger partial charge in [0.1, 0.15) is 0 Å². The van der Waals surface area contributed by atoms with Crippen LogP contribution in [0.2, 0.25) is 0 Å². The second-order valence-corrected chi connectivity index (χ2v) is 5.89. The lowest BCUT2D eigenvalue weighted by atomic mass is 9.83. The highest BCUT2D eigenvalue weighted by Gasteiger charge is 2.43. The summed E-state index contributed by atoms with van der Waals surface area (Å²) in [6, 6.07) is 0.547. The van der Waals surface area contributed by atoms with Crippen LogP contribution in [-0.4, -0.2) is 42.8 Å². The first-order chi connectivity index (χ1) is 9.02. The van der Waals surface area contributed by atoms with Gasteiger partial charge in [0, 0.05) is 18.6 Å². The fourth-order valence-electron chi connectivity index (χ4n) is 3.69. The minimum absolute atomic E-state index is 0.121.